The van der Waals surface area contributed by atoms with E-state index >= 15 is 0 Å². The minimum absolute atomic E-state index is 0.102. The molecule has 1 aliphatic rings. The first kappa shape index (κ1) is 20.9. The highest BCUT2D eigenvalue weighted by Crippen LogP contribution is 2.26. The van der Waals surface area contributed by atoms with Gasteiger partial charge in [-0.25, -0.2) is 4.98 Å². The van der Waals surface area contributed by atoms with Gasteiger partial charge >= 0.3 is 0 Å². The Balaban J connectivity index is 1.41. The van der Waals surface area contributed by atoms with Crippen LogP contribution in [0.3, 0.4) is 0 Å². The Morgan fingerprint density at radius 1 is 0.879 bits per heavy atom. The van der Waals surface area contributed by atoms with Crippen molar-refractivity contribution >= 4 is 11.6 Å². The van der Waals surface area contributed by atoms with Gasteiger partial charge in [0.2, 0.25) is 0 Å². The molecular formula is C27H25N5O. The molecule has 6 nitrogen and oxygen atoms in total. The Labute approximate surface area is 193 Å². The molecule has 1 fully saturated rings. The van der Waals surface area contributed by atoms with Crippen LogP contribution in [0, 0.1) is 11.3 Å². The van der Waals surface area contributed by atoms with Gasteiger partial charge in [-0.2, -0.15) is 5.26 Å². The van der Waals surface area contributed by atoms with E-state index in [2.05, 4.69) is 33.6 Å². The van der Waals surface area contributed by atoms with Crippen molar-refractivity contribution in [3.05, 3.63) is 84.2 Å². The maximum absolute atomic E-state index is 13.0. The molecule has 0 aliphatic carbocycles. The molecule has 2 aromatic heterocycles. The van der Waals surface area contributed by atoms with Crippen molar-refractivity contribution in [1.82, 2.24) is 19.2 Å². The van der Waals surface area contributed by atoms with Crippen LogP contribution in [-0.2, 0) is 0 Å². The number of aromatic nitrogens is 2. The number of nitriles is 1. The molecule has 33 heavy (non-hydrogen) atoms. The van der Waals surface area contributed by atoms with Crippen LogP contribution in [0.15, 0.2) is 73.1 Å². The Kier molecular flexibility index (Phi) is 5.64. The molecule has 0 bridgehead atoms. The molecule has 1 amide bonds. The summed E-state index contributed by atoms with van der Waals surface area (Å²) in [6, 6.07) is 21.6. The Morgan fingerprint density at radius 3 is 2.36 bits per heavy atom. The molecule has 164 valence electrons. The number of fused-ring (bicyclic) bond motifs is 1. The lowest BCUT2D eigenvalue weighted by atomic mass is 10.0. The fourth-order valence-electron chi connectivity index (χ4n) is 4.32. The number of likely N-dealkylation sites (N-methyl/N-ethyl adjacent to an activating group) is 1. The number of hydrogen-bond donors (Lipinski definition) is 0. The quantitative estimate of drug-likeness (QED) is 0.481. The van der Waals surface area contributed by atoms with Gasteiger partial charge in [-0.15, -0.1) is 0 Å². The SMILES string of the molecule is CN1CCCN(C(=O)c2ccc(-c3ccc4ncc(-c5ccc(C#N)cc5)n4c3)cc2)CC1. The van der Waals surface area contributed by atoms with E-state index < -0.39 is 0 Å². The lowest BCUT2D eigenvalue weighted by molar-refractivity contribution is 0.0763. The number of carbonyl (C=O) groups excluding carboxylic acids is 1. The van der Waals surface area contributed by atoms with Crippen LogP contribution in [0.5, 0.6) is 0 Å². The smallest absolute Gasteiger partial charge is 0.253 e. The first-order valence-corrected chi connectivity index (χ1v) is 11.2. The highest BCUT2D eigenvalue weighted by atomic mass is 16.2. The zero-order chi connectivity index (χ0) is 22.8. The molecule has 6 heteroatoms. The van der Waals surface area contributed by atoms with E-state index in [-0.39, 0.29) is 5.91 Å². The topological polar surface area (TPSA) is 64.6 Å². The summed E-state index contributed by atoms with van der Waals surface area (Å²) >= 11 is 0. The molecule has 1 saturated heterocycles. The third-order valence-electron chi connectivity index (χ3n) is 6.29. The molecule has 0 N–H and O–H groups in total. The Morgan fingerprint density at radius 2 is 1.61 bits per heavy atom. The summed E-state index contributed by atoms with van der Waals surface area (Å²) in [4.78, 5) is 21.7. The van der Waals surface area contributed by atoms with Crippen LogP contribution in [0.25, 0.3) is 28.0 Å². The third kappa shape index (κ3) is 4.23. The summed E-state index contributed by atoms with van der Waals surface area (Å²) in [5.41, 5.74) is 6.28. The zero-order valence-electron chi connectivity index (χ0n) is 18.6. The average molecular weight is 436 g/mol. The fourth-order valence-corrected chi connectivity index (χ4v) is 4.32. The van der Waals surface area contributed by atoms with Gasteiger partial charge in [-0.1, -0.05) is 24.3 Å². The second kappa shape index (κ2) is 8.89. The van der Waals surface area contributed by atoms with Gasteiger partial charge in [0, 0.05) is 37.0 Å². The second-order valence-corrected chi connectivity index (χ2v) is 8.50. The monoisotopic (exact) mass is 435 g/mol. The van der Waals surface area contributed by atoms with Crippen molar-refractivity contribution in [3.63, 3.8) is 0 Å². The van der Waals surface area contributed by atoms with Gasteiger partial charge in [-0.3, -0.25) is 9.20 Å². The molecular weight excluding hydrogens is 410 g/mol. The van der Waals surface area contributed by atoms with E-state index in [1.807, 2.05) is 71.8 Å². The normalized spacial score (nSPS) is 14.7. The molecule has 0 spiro atoms. The van der Waals surface area contributed by atoms with Crippen LogP contribution in [0.4, 0.5) is 0 Å². The van der Waals surface area contributed by atoms with Gasteiger partial charge in [0.05, 0.1) is 23.5 Å². The summed E-state index contributed by atoms with van der Waals surface area (Å²) in [6.07, 6.45) is 4.92. The highest BCUT2D eigenvalue weighted by molar-refractivity contribution is 5.94. The molecule has 4 aromatic rings. The van der Waals surface area contributed by atoms with Crippen LogP contribution >= 0.6 is 0 Å². The predicted molar refractivity (Wildman–Crippen MR) is 129 cm³/mol. The number of benzene rings is 2. The number of carbonyl (C=O) groups is 1. The van der Waals surface area contributed by atoms with Crippen molar-refractivity contribution in [2.75, 3.05) is 33.2 Å². The molecule has 0 saturated carbocycles. The summed E-state index contributed by atoms with van der Waals surface area (Å²) in [7, 11) is 2.10. The minimum atomic E-state index is 0.102. The first-order chi connectivity index (χ1) is 16.1. The van der Waals surface area contributed by atoms with Crippen LogP contribution < -0.4 is 0 Å². The lowest BCUT2D eigenvalue weighted by Crippen LogP contribution is -2.34. The van der Waals surface area contributed by atoms with Crippen molar-refractivity contribution in [2.45, 2.75) is 6.42 Å². The maximum atomic E-state index is 13.0. The second-order valence-electron chi connectivity index (χ2n) is 8.50. The number of rotatable bonds is 3. The Bertz CT molecular complexity index is 1330. The zero-order valence-corrected chi connectivity index (χ0v) is 18.6. The van der Waals surface area contributed by atoms with Crippen molar-refractivity contribution in [1.29, 1.82) is 5.26 Å². The van der Waals surface area contributed by atoms with E-state index in [0.717, 1.165) is 66.2 Å². The number of nitrogens with zero attached hydrogens (tertiary/aromatic N) is 5. The van der Waals surface area contributed by atoms with Gasteiger partial charge in [0.25, 0.3) is 5.91 Å². The Hall–Kier alpha value is -3.95. The molecule has 5 rings (SSSR count). The van der Waals surface area contributed by atoms with E-state index in [9.17, 15) is 4.79 Å². The largest absolute Gasteiger partial charge is 0.337 e. The lowest BCUT2D eigenvalue weighted by Gasteiger charge is -2.20. The molecule has 0 radical (unpaired) electrons. The summed E-state index contributed by atoms with van der Waals surface area (Å²) in [6.45, 7) is 3.52. The van der Waals surface area contributed by atoms with Crippen LogP contribution in [0.2, 0.25) is 0 Å². The van der Waals surface area contributed by atoms with E-state index in [1.54, 1.807) is 0 Å². The summed E-state index contributed by atoms with van der Waals surface area (Å²) < 4.78 is 2.06. The van der Waals surface area contributed by atoms with E-state index in [1.165, 1.54) is 0 Å². The minimum Gasteiger partial charge on any atom is -0.337 e. The standard InChI is InChI=1S/C27H25N5O/c1-30-13-2-14-31(16-15-30)27(33)23-9-7-21(8-10-23)24-11-12-26-29-18-25(32(26)19-24)22-5-3-20(17-28)4-6-22/h3-12,18-19H,2,13-16H2,1H3. The molecule has 3 heterocycles. The highest BCUT2D eigenvalue weighted by Gasteiger charge is 2.19. The van der Waals surface area contributed by atoms with Gasteiger partial charge < -0.3 is 9.80 Å². The van der Waals surface area contributed by atoms with Crippen molar-refractivity contribution in [2.24, 2.45) is 0 Å². The van der Waals surface area contributed by atoms with Crippen LogP contribution in [-0.4, -0.2) is 58.3 Å². The summed E-state index contributed by atoms with van der Waals surface area (Å²) in [5.74, 6) is 0.102. The molecule has 0 atom stereocenters. The predicted octanol–water partition coefficient (Wildman–Crippen LogP) is 4.32. The van der Waals surface area contributed by atoms with E-state index in [4.69, 9.17) is 5.26 Å². The third-order valence-corrected chi connectivity index (χ3v) is 6.29. The fraction of sp³-hybridized carbons (Fsp3) is 0.222. The summed E-state index contributed by atoms with van der Waals surface area (Å²) in [5, 5.41) is 9.05. The number of amides is 1. The van der Waals surface area contributed by atoms with Gasteiger partial charge in [0.1, 0.15) is 5.65 Å². The van der Waals surface area contributed by atoms with Crippen molar-refractivity contribution < 1.29 is 4.79 Å². The number of imidazole rings is 1. The van der Waals surface area contributed by atoms with Crippen LogP contribution in [0.1, 0.15) is 22.3 Å². The molecule has 2 aromatic carbocycles. The maximum Gasteiger partial charge on any atom is 0.253 e. The molecule has 0 unspecified atom stereocenters. The van der Waals surface area contributed by atoms with Crippen molar-refractivity contribution in [3.8, 4) is 28.5 Å². The van der Waals surface area contributed by atoms with Gasteiger partial charge in [0.15, 0.2) is 0 Å². The van der Waals surface area contributed by atoms with E-state index in [0.29, 0.717) is 5.56 Å². The van der Waals surface area contributed by atoms with Gasteiger partial charge in [-0.05, 0) is 67.5 Å². The number of pyridine rings is 1. The molecule has 1 aliphatic heterocycles. The number of hydrogen-bond acceptors (Lipinski definition) is 4. The average Bonchev–Trinajstić information content (AvgIpc) is 3.16. The first-order valence-electron chi connectivity index (χ1n) is 11.2.